The zero-order valence-electron chi connectivity index (χ0n) is 25.2. The average Bonchev–Trinajstić information content (AvgIpc) is 3.34. The number of carbonyl (C=O) groups excluding carboxylic acids is 1. The maximum absolute atomic E-state index is 12.9. The van der Waals surface area contributed by atoms with Crippen molar-refractivity contribution in [2.45, 2.75) is 25.3 Å². The zero-order chi connectivity index (χ0) is 31.6. The molecule has 1 fully saturated rings. The lowest BCUT2D eigenvalue weighted by Gasteiger charge is -2.35. The molecular weight excluding hydrogens is 586 g/mol. The van der Waals surface area contributed by atoms with Gasteiger partial charge in [-0.1, -0.05) is 18.2 Å². The third-order valence-corrected chi connectivity index (χ3v) is 9.17. The van der Waals surface area contributed by atoms with Crippen LogP contribution in [0, 0.1) is 6.92 Å². The van der Waals surface area contributed by atoms with Gasteiger partial charge in [-0.05, 0) is 42.3 Å². The second kappa shape index (κ2) is 12.4. The molecule has 0 bridgehead atoms. The van der Waals surface area contributed by atoms with Gasteiger partial charge in [0.15, 0.2) is 17.1 Å². The number of aryl methyl sites for hydroxylation is 1. The SMILES string of the molecule is COc1ccc(-c2c(C)nn3c(NCc4cccc(S(C)(=O)=NC(=O)O)c4)cc(N4CCN(C(C)=O)CC4)nc23)cc1OC. The van der Waals surface area contributed by atoms with E-state index in [2.05, 4.69) is 14.6 Å². The number of carboxylic acid groups (broad SMARTS) is 1. The van der Waals surface area contributed by atoms with E-state index in [0.717, 1.165) is 28.2 Å². The molecule has 2 N–H and O–H groups in total. The number of benzene rings is 2. The van der Waals surface area contributed by atoms with Crippen molar-refractivity contribution < 1.29 is 28.4 Å². The van der Waals surface area contributed by atoms with Gasteiger partial charge in [-0.2, -0.15) is 9.61 Å². The molecule has 0 spiro atoms. The smallest absolute Gasteiger partial charge is 0.439 e. The van der Waals surface area contributed by atoms with Crippen molar-refractivity contribution >= 4 is 39.0 Å². The Bertz CT molecular complexity index is 1860. The molecule has 1 atom stereocenters. The second-order valence-electron chi connectivity index (χ2n) is 10.4. The van der Waals surface area contributed by atoms with Crippen molar-refractivity contribution in [3.63, 3.8) is 0 Å². The van der Waals surface area contributed by atoms with Crippen LogP contribution in [0.2, 0.25) is 0 Å². The minimum atomic E-state index is -3.11. The Labute approximate surface area is 255 Å². The van der Waals surface area contributed by atoms with Crippen LogP contribution in [-0.4, -0.2) is 87.5 Å². The van der Waals surface area contributed by atoms with E-state index in [4.69, 9.17) is 24.7 Å². The van der Waals surface area contributed by atoms with Crippen molar-refractivity contribution in [3.8, 4) is 22.6 Å². The third-order valence-electron chi connectivity index (χ3n) is 7.53. The van der Waals surface area contributed by atoms with Crippen LogP contribution in [0.25, 0.3) is 16.8 Å². The molecule has 5 rings (SSSR count). The number of piperazine rings is 1. The van der Waals surface area contributed by atoms with Crippen LogP contribution in [0.5, 0.6) is 11.5 Å². The normalized spacial score (nSPS) is 14.7. The van der Waals surface area contributed by atoms with Gasteiger partial charge < -0.3 is 29.7 Å². The first-order valence-corrected chi connectivity index (χ1v) is 15.8. The molecule has 14 heteroatoms. The number of carbonyl (C=O) groups is 2. The number of fused-ring (bicyclic) bond motifs is 1. The van der Waals surface area contributed by atoms with Crippen molar-refractivity contribution in [1.82, 2.24) is 19.5 Å². The van der Waals surface area contributed by atoms with Crippen LogP contribution < -0.4 is 19.7 Å². The second-order valence-corrected chi connectivity index (χ2v) is 12.7. The summed E-state index contributed by atoms with van der Waals surface area (Å²) in [5, 5.41) is 17.3. The van der Waals surface area contributed by atoms with Gasteiger partial charge in [-0.3, -0.25) is 4.79 Å². The summed E-state index contributed by atoms with van der Waals surface area (Å²) in [6.45, 7) is 6.27. The summed E-state index contributed by atoms with van der Waals surface area (Å²) < 4.78 is 29.0. The van der Waals surface area contributed by atoms with Crippen LogP contribution in [0.4, 0.5) is 16.4 Å². The van der Waals surface area contributed by atoms with E-state index in [-0.39, 0.29) is 5.91 Å². The Balaban J connectivity index is 1.57. The van der Waals surface area contributed by atoms with Crippen molar-refractivity contribution in [3.05, 3.63) is 59.8 Å². The number of hydrogen-bond donors (Lipinski definition) is 2. The highest BCUT2D eigenvalue weighted by Crippen LogP contribution is 2.36. The Morgan fingerprint density at radius 1 is 1.05 bits per heavy atom. The van der Waals surface area contributed by atoms with Gasteiger partial charge in [0, 0.05) is 62.4 Å². The summed E-state index contributed by atoms with van der Waals surface area (Å²) in [4.78, 5) is 32.4. The molecule has 13 nitrogen and oxygen atoms in total. The van der Waals surface area contributed by atoms with Crippen LogP contribution >= 0.6 is 0 Å². The maximum atomic E-state index is 12.9. The van der Waals surface area contributed by atoms with Crippen LogP contribution in [0.3, 0.4) is 0 Å². The first-order valence-electron chi connectivity index (χ1n) is 13.9. The Morgan fingerprint density at radius 3 is 2.43 bits per heavy atom. The van der Waals surface area contributed by atoms with Crippen molar-refractivity contribution in [1.29, 1.82) is 0 Å². The summed E-state index contributed by atoms with van der Waals surface area (Å²) in [6.07, 6.45) is -0.170. The summed E-state index contributed by atoms with van der Waals surface area (Å²) in [6, 6.07) is 14.5. The maximum Gasteiger partial charge on any atom is 0.439 e. The lowest BCUT2D eigenvalue weighted by molar-refractivity contribution is -0.129. The van der Waals surface area contributed by atoms with Gasteiger partial charge in [0.2, 0.25) is 5.91 Å². The monoisotopic (exact) mass is 621 g/mol. The number of hydrogen-bond acceptors (Lipinski definition) is 9. The topological polar surface area (TPSA) is 151 Å². The quantitative estimate of drug-likeness (QED) is 0.294. The molecule has 1 unspecified atom stereocenters. The molecule has 1 saturated heterocycles. The van der Waals surface area contributed by atoms with Crippen molar-refractivity contribution in [2.75, 3.05) is 56.9 Å². The van der Waals surface area contributed by atoms with E-state index in [1.54, 1.807) is 43.9 Å². The molecule has 0 radical (unpaired) electrons. The zero-order valence-corrected chi connectivity index (χ0v) is 26.1. The number of methoxy groups -OCH3 is 2. The summed E-state index contributed by atoms with van der Waals surface area (Å²) in [7, 11) is 0.0681. The Hall–Kier alpha value is -4.85. The van der Waals surface area contributed by atoms with Crippen LogP contribution in [0.1, 0.15) is 18.2 Å². The molecule has 1 aliphatic rings. The predicted molar refractivity (Wildman–Crippen MR) is 167 cm³/mol. The van der Waals surface area contributed by atoms with E-state index < -0.39 is 15.8 Å². The lowest BCUT2D eigenvalue weighted by atomic mass is 10.1. The number of nitrogens with one attached hydrogen (secondary N) is 1. The summed E-state index contributed by atoms with van der Waals surface area (Å²) >= 11 is 0. The standard InChI is InChI=1S/C30H35N7O6S/c1-19-28(22-9-10-24(42-3)25(16-22)43-4)29-32-27(36-13-11-35(12-14-36)20(2)38)17-26(37(29)33-19)31-18-21-7-6-8-23(15-21)44(5,41)34-30(39)40/h6-10,15-17,31H,11-14,18H2,1-5H3,(H,39,40). The van der Waals surface area contributed by atoms with Crippen LogP contribution in [0.15, 0.2) is 57.8 Å². The molecule has 4 aromatic rings. The van der Waals surface area contributed by atoms with Crippen LogP contribution in [-0.2, 0) is 21.1 Å². The highest BCUT2D eigenvalue weighted by atomic mass is 32.2. The fourth-order valence-corrected chi connectivity index (χ4v) is 6.37. The first kappa shape index (κ1) is 30.6. The molecule has 0 saturated carbocycles. The molecule has 2 aromatic carbocycles. The van der Waals surface area contributed by atoms with E-state index in [1.165, 1.54) is 6.26 Å². The summed E-state index contributed by atoms with van der Waals surface area (Å²) in [5.74, 6) is 2.65. The van der Waals surface area contributed by atoms with Gasteiger partial charge in [-0.15, -0.1) is 4.36 Å². The van der Waals surface area contributed by atoms with Gasteiger partial charge in [-0.25, -0.2) is 14.0 Å². The number of rotatable bonds is 8. The average molecular weight is 622 g/mol. The molecule has 0 aliphatic carbocycles. The lowest BCUT2D eigenvalue weighted by Crippen LogP contribution is -2.48. The number of anilines is 2. The largest absolute Gasteiger partial charge is 0.493 e. The third kappa shape index (κ3) is 6.25. The minimum Gasteiger partial charge on any atom is -0.493 e. The Kier molecular flexibility index (Phi) is 8.63. The van der Waals surface area contributed by atoms with Crippen molar-refractivity contribution in [2.24, 2.45) is 4.36 Å². The van der Waals surface area contributed by atoms with E-state index in [9.17, 15) is 13.8 Å². The first-order chi connectivity index (χ1) is 21.0. The minimum absolute atomic E-state index is 0.0481. The molecular formula is C30H35N7O6S. The van der Waals surface area contributed by atoms with Gasteiger partial charge in [0.05, 0.1) is 29.6 Å². The van der Waals surface area contributed by atoms with E-state index in [1.807, 2.05) is 42.2 Å². The molecule has 3 heterocycles. The number of ether oxygens (including phenoxy) is 2. The molecule has 44 heavy (non-hydrogen) atoms. The number of aromatic nitrogens is 3. The van der Waals surface area contributed by atoms with E-state index in [0.29, 0.717) is 60.6 Å². The Morgan fingerprint density at radius 2 is 1.77 bits per heavy atom. The van der Waals surface area contributed by atoms with Gasteiger partial charge in [0.1, 0.15) is 11.6 Å². The number of amides is 2. The highest BCUT2D eigenvalue weighted by molar-refractivity contribution is 7.93. The molecule has 2 aromatic heterocycles. The molecule has 2 amide bonds. The van der Waals surface area contributed by atoms with E-state index >= 15 is 0 Å². The summed E-state index contributed by atoms with van der Waals surface area (Å²) in [5.41, 5.74) is 3.87. The fraction of sp³-hybridized carbons (Fsp3) is 0.333. The van der Waals surface area contributed by atoms with Gasteiger partial charge in [0.25, 0.3) is 0 Å². The molecule has 1 aliphatic heterocycles. The number of nitrogens with zero attached hydrogens (tertiary/aromatic N) is 6. The van der Waals surface area contributed by atoms with Gasteiger partial charge >= 0.3 is 6.09 Å². The molecule has 232 valence electrons. The highest BCUT2D eigenvalue weighted by Gasteiger charge is 2.24. The fourth-order valence-electron chi connectivity index (χ4n) is 5.26. The predicted octanol–water partition coefficient (Wildman–Crippen LogP) is 4.14.